The molecule has 10 heteroatoms. The van der Waals surface area contributed by atoms with Gasteiger partial charge in [0.1, 0.15) is 5.65 Å². The zero-order valence-electron chi connectivity index (χ0n) is 16.8. The third-order valence-corrected chi connectivity index (χ3v) is 5.80. The monoisotopic (exact) mass is 433 g/mol. The van der Waals surface area contributed by atoms with Crippen LogP contribution in [0.1, 0.15) is 24.1 Å². The number of aryl methyl sites for hydroxylation is 1. The van der Waals surface area contributed by atoms with Crippen molar-refractivity contribution in [3.05, 3.63) is 71.5 Å². The number of sulfonamides is 1. The maximum atomic E-state index is 11.4. The fourth-order valence-corrected chi connectivity index (χ4v) is 3.77. The molecule has 1 aromatic carbocycles. The van der Waals surface area contributed by atoms with Crippen molar-refractivity contribution in [3.63, 3.8) is 0 Å². The Morgan fingerprint density at radius 1 is 1.19 bits per heavy atom. The maximum absolute atomic E-state index is 11.4. The van der Waals surface area contributed by atoms with Crippen LogP contribution in [-0.2, 0) is 10.0 Å². The molecule has 1 atom stereocenters. The van der Waals surface area contributed by atoms with Crippen molar-refractivity contribution in [3.8, 4) is 11.3 Å². The van der Waals surface area contributed by atoms with Crippen LogP contribution in [0.2, 0.25) is 0 Å². The summed E-state index contributed by atoms with van der Waals surface area (Å²) in [6, 6.07) is 8.05. The Labute approximate surface area is 179 Å². The zero-order chi connectivity index (χ0) is 22.2. The van der Waals surface area contributed by atoms with Gasteiger partial charge in [0.05, 0.1) is 23.2 Å². The number of aromatic nitrogens is 4. The largest absolute Gasteiger partial charge is 0.348 e. The van der Waals surface area contributed by atoms with Crippen molar-refractivity contribution in [2.75, 3.05) is 5.32 Å². The Balaban J connectivity index is 1.67. The van der Waals surface area contributed by atoms with Gasteiger partial charge in [-0.25, -0.2) is 33.4 Å². The molecule has 0 unspecified atom stereocenters. The van der Waals surface area contributed by atoms with Gasteiger partial charge < -0.3 is 10.3 Å². The van der Waals surface area contributed by atoms with Crippen LogP contribution in [0, 0.1) is 13.5 Å². The zero-order valence-corrected chi connectivity index (χ0v) is 17.6. The third-order valence-electron chi connectivity index (χ3n) is 4.87. The minimum atomic E-state index is -3.75. The van der Waals surface area contributed by atoms with Gasteiger partial charge in [-0.15, -0.1) is 0 Å². The highest BCUT2D eigenvalue weighted by molar-refractivity contribution is 7.89. The van der Waals surface area contributed by atoms with E-state index in [2.05, 4.69) is 30.1 Å². The molecule has 4 N–H and O–H groups in total. The molecule has 4 rings (SSSR count). The van der Waals surface area contributed by atoms with Gasteiger partial charge in [-0.1, -0.05) is 12.1 Å². The number of pyridine rings is 1. The second-order valence-electron chi connectivity index (χ2n) is 7.13. The third kappa shape index (κ3) is 4.09. The molecule has 0 bridgehead atoms. The predicted octanol–water partition coefficient (Wildman–Crippen LogP) is 3.70. The molecule has 0 aliphatic rings. The molecule has 9 nitrogen and oxygen atoms in total. The van der Waals surface area contributed by atoms with Crippen molar-refractivity contribution in [2.24, 2.45) is 5.14 Å². The first-order chi connectivity index (χ1) is 14.8. The average Bonchev–Trinajstić information content (AvgIpc) is 3.16. The van der Waals surface area contributed by atoms with Crippen LogP contribution < -0.4 is 10.5 Å². The van der Waals surface area contributed by atoms with Crippen LogP contribution >= 0.6 is 0 Å². The number of primary sulfonamides is 1. The Kier molecular flexibility index (Phi) is 5.14. The smallest absolute Gasteiger partial charge is 0.238 e. The molecule has 0 aliphatic heterocycles. The number of aromatic amines is 1. The van der Waals surface area contributed by atoms with E-state index in [0.29, 0.717) is 23.0 Å². The molecule has 3 heterocycles. The molecule has 0 saturated carbocycles. The first kappa shape index (κ1) is 20.5. The number of nitrogens with one attached hydrogen (secondary N) is 2. The summed E-state index contributed by atoms with van der Waals surface area (Å²) < 4.78 is 22.9. The lowest BCUT2D eigenvalue weighted by Gasteiger charge is -2.15. The van der Waals surface area contributed by atoms with Gasteiger partial charge in [-0.2, -0.15) is 0 Å². The molecule has 156 valence electrons. The number of hydrogen-bond acceptors (Lipinski definition) is 6. The lowest BCUT2D eigenvalue weighted by Crippen LogP contribution is -2.13. The van der Waals surface area contributed by atoms with Crippen molar-refractivity contribution >= 4 is 32.7 Å². The quantitative estimate of drug-likeness (QED) is 0.411. The first-order valence-corrected chi connectivity index (χ1v) is 10.9. The van der Waals surface area contributed by atoms with Gasteiger partial charge in [0, 0.05) is 29.5 Å². The summed E-state index contributed by atoms with van der Waals surface area (Å²) in [5.41, 5.74) is 4.15. The summed E-state index contributed by atoms with van der Waals surface area (Å²) >= 11 is 0. The van der Waals surface area contributed by atoms with E-state index in [-0.39, 0.29) is 10.9 Å². The molecular weight excluding hydrogens is 414 g/mol. The number of fused-ring (bicyclic) bond motifs is 1. The van der Waals surface area contributed by atoms with Gasteiger partial charge >= 0.3 is 0 Å². The lowest BCUT2D eigenvalue weighted by atomic mass is 10.1. The second kappa shape index (κ2) is 7.79. The maximum Gasteiger partial charge on any atom is 0.238 e. The summed E-state index contributed by atoms with van der Waals surface area (Å²) in [5, 5.41) is 9.22. The Bertz CT molecular complexity index is 1420. The summed E-state index contributed by atoms with van der Waals surface area (Å²) in [6.07, 6.45) is 5.04. The van der Waals surface area contributed by atoms with Gasteiger partial charge in [0.15, 0.2) is 0 Å². The number of rotatable bonds is 5. The predicted molar refractivity (Wildman–Crippen MR) is 118 cm³/mol. The van der Waals surface area contributed by atoms with Gasteiger partial charge in [0.25, 0.3) is 0 Å². The van der Waals surface area contributed by atoms with E-state index in [9.17, 15) is 8.42 Å². The second-order valence-corrected chi connectivity index (χ2v) is 8.69. The Hall–Kier alpha value is -3.81. The SMILES string of the molecule is [C-]#[N+]c1cnc(N[C@H](C)c2ccc(S(N)(=O)=O)cc2)nc1-c1c[nH]c2ncc(C)cc12. The van der Waals surface area contributed by atoms with E-state index >= 15 is 0 Å². The number of anilines is 1. The number of nitrogens with zero attached hydrogens (tertiary/aromatic N) is 4. The van der Waals surface area contributed by atoms with E-state index in [1.165, 1.54) is 18.3 Å². The summed E-state index contributed by atoms with van der Waals surface area (Å²) in [7, 11) is -3.75. The molecular formula is C21H19N7O2S. The van der Waals surface area contributed by atoms with Crippen molar-refractivity contribution in [1.82, 2.24) is 19.9 Å². The normalized spacial score (nSPS) is 12.5. The topological polar surface area (TPSA) is 131 Å². The van der Waals surface area contributed by atoms with Crippen molar-refractivity contribution in [2.45, 2.75) is 24.8 Å². The van der Waals surface area contributed by atoms with Crippen LogP contribution in [-0.4, -0.2) is 28.4 Å². The van der Waals surface area contributed by atoms with Gasteiger partial charge in [-0.05, 0) is 43.2 Å². The molecule has 0 spiro atoms. The minimum Gasteiger partial charge on any atom is -0.348 e. The van der Waals surface area contributed by atoms with Crippen LogP contribution in [0.15, 0.2) is 53.8 Å². The number of benzene rings is 1. The van der Waals surface area contributed by atoms with Crippen molar-refractivity contribution in [1.29, 1.82) is 0 Å². The van der Waals surface area contributed by atoms with Crippen LogP contribution in [0.5, 0.6) is 0 Å². The van der Waals surface area contributed by atoms with E-state index in [1.807, 2.05) is 19.9 Å². The van der Waals surface area contributed by atoms with Crippen molar-refractivity contribution < 1.29 is 8.42 Å². The minimum absolute atomic E-state index is 0.0478. The Morgan fingerprint density at radius 2 is 1.94 bits per heavy atom. The summed E-state index contributed by atoms with van der Waals surface area (Å²) in [6.45, 7) is 11.3. The van der Waals surface area contributed by atoms with E-state index in [0.717, 1.165) is 22.1 Å². The van der Waals surface area contributed by atoms with Gasteiger partial charge in [-0.3, -0.25) is 0 Å². The standard InChI is InChI=1S/C21H19N7O2S/c1-12-8-16-17(10-25-20(16)24-9-12)19-18(23-3)11-26-21(28-19)27-13(2)14-4-6-15(7-5-14)31(22,29)30/h4-11,13H,1-2H3,(H,24,25)(H2,22,29,30)(H,26,27,28)/t13-/m1/s1. The molecule has 3 aromatic heterocycles. The highest BCUT2D eigenvalue weighted by Crippen LogP contribution is 2.34. The number of hydrogen-bond donors (Lipinski definition) is 3. The molecule has 0 fully saturated rings. The summed E-state index contributed by atoms with van der Waals surface area (Å²) in [4.78, 5) is 19.9. The van der Waals surface area contributed by atoms with Crippen LogP contribution in [0.4, 0.5) is 11.6 Å². The Morgan fingerprint density at radius 3 is 2.61 bits per heavy atom. The highest BCUT2D eigenvalue weighted by Gasteiger charge is 2.16. The molecule has 0 radical (unpaired) electrons. The molecule has 0 amide bonds. The fourth-order valence-electron chi connectivity index (χ4n) is 3.25. The summed E-state index contributed by atoms with van der Waals surface area (Å²) in [5.74, 6) is 0.348. The fraction of sp³-hybridized carbons (Fsp3) is 0.143. The van der Waals surface area contributed by atoms with E-state index in [1.54, 1.807) is 24.5 Å². The average molecular weight is 433 g/mol. The van der Waals surface area contributed by atoms with Crippen LogP contribution in [0.25, 0.3) is 27.1 Å². The number of nitrogens with two attached hydrogens (primary N) is 1. The van der Waals surface area contributed by atoms with E-state index in [4.69, 9.17) is 11.7 Å². The van der Waals surface area contributed by atoms with Crippen LogP contribution in [0.3, 0.4) is 0 Å². The molecule has 0 aliphatic carbocycles. The van der Waals surface area contributed by atoms with E-state index < -0.39 is 10.0 Å². The van der Waals surface area contributed by atoms with Gasteiger partial charge in [0.2, 0.25) is 21.7 Å². The first-order valence-electron chi connectivity index (χ1n) is 9.34. The molecule has 31 heavy (non-hydrogen) atoms. The number of H-pyrrole nitrogens is 1. The molecule has 4 aromatic rings. The highest BCUT2D eigenvalue weighted by atomic mass is 32.2. The lowest BCUT2D eigenvalue weighted by molar-refractivity contribution is 0.597. The molecule has 0 saturated heterocycles.